The van der Waals surface area contributed by atoms with Gasteiger partial charge in [0.05, 0.1) is 4.90 Å². The predicted octanol–water partition coefficient (Wildman–Crippen LogP) is 1.43. The van der Waals surface area contributed by atoms with Crippen molar-refractivity contribution in [3.05, 3.63) is 28.7 Å². The van der Waals surface area contributed by atoms with E-state index in [-0.39, 0.29) is 10.5 Å². The van der Waals surface area contributed by atoms with Crippen molar-refractivity contribution in [3.8, 4) is 0 Å². The highest BCUT2D eigenvalue weighted by Crippen LogP contribution is 2.16. The fourth-order valence-corrected chi connectivity index (χ4v) is 3.12. The maximum Gasteiger partial charge on any atom is 0.247 e. The summed E-state index contributed by atoms with van der Waals surface area (Å²) >= 11 is 0. The number of hydrogen-bond acceptors (Lipinski definition) is 3. The molecule has 0 radical (unpaired) electrons. The number of hydrogen-bond donors (Lipinski definition) is 1. The van der Waals surface area contributed by atoms with Gasteiger partial charge >= 0.3 is 0 Å². The lowest BCUT2D eigenvalue weighted by atomic mass is 10.1. The quantitative estimate of drug-likeness (QED) is 0.851. The van der Waals surface area contributed by atoms with Crippen LogP contribution in [0.25, 0.3) is 0 Å². The number of aromatic nitrogens is 1. The van der Waals surface area contributed by atoms with Crippen LogP contribution in [0.2, 0.25) is 0 Å². The second-order valence-electron chi connectivity index (χ2n) is 4.36. The highest BCUT2D eigenvalue weighted by Gasteiger charge is 2.24. The first kappa shape index (κ1) is 14.9. The molecule has 102 valence electrons. The van der Waals surface area contributed by atoms with Crippen LogP contribution < -0.4 is 5.56 Å². The number of H-pyrrole nitrogens is 1. The van der Waals surface area contributed by atoms with Crippen molar-refractivity contribution in [2.24, 2.45) is 5.92 Å². The van der Waals surface area contributed by atoms with E-state index in [1.54, 1.807) is 0 Å². The lowest BCUT2D eigenvalue weighted by Crippen LogP contribution is -2.34. The van der Waals surface area contributed by atoms with E-state index in [4.69, 9.17) is 0 Å². The van der Waals surface area contributed by atoms with Gasteiger partial charge in [0.15, 0.2) is 0 Å². The second kappa shape index (κ2) is 6.15. The number of nitrogens with zero attached hydrogens (tertiary/aromatic N) is 1. The summed E-state index contributed by atoms with van der Waals surface area (Å²) in [4.78, 5) is 13.5. The van der Waals surface area contributed by atoms with Crippen LogP contribution in [0.4, 0.5) is 0 Å². The maximum absolute atomic E-state index is 12.3. The van der Waals surface area contributed by atoms with E-state index >= 15 is 0 Å². The molecule has 1 aromatic heterocycles. The van der Waals surface area contributed by atoms with E-state index in [1.807, 2.05) is 20.8 Å². The summed E-state index contributed by atoms with van der Waals surface area (Å²) in [5.41, 5.74) is -0.307. The third-order valence-electron chi connectivity index (χ3n) is 2.96. The molecule has 1 rings (SSSR count). The average Bonchev–Trinajstić information content (AvgIpc) is 2.35. The molecule has 0 bridgehead atoms. The van der Waals surface area contributed by atoms with Crippen LogP contribution in [-0.2, 0) is 10.0 Å². The van der Waals surface area contributed by atoms with Crippen molar-refractivity contribution in [3.63, 3.8) is 0 Å². The standard InChI is InChI=1S/C12H20N2O3S/c1-4-10(3)9-14(5-2)18(16,17)11-6-7-12(15)13-8-11/h6-8,10H,4-5,9H2,1-3H3,(H,13,15). The van der Waals surface area contributed by atoms with Crippen LogP contribution in [0.3, 0.4) is 0 Å². The Morgan fingerprint density at radius 3 is 2.44 bits per heavy atom. The van der Waals surface area contributed by atoms with Crippen LogP contribution in [0.1, 0.15) is 27.2 Å². The SMILES string of the molecule is CCC(C)CN(CC)S(=O)(=O)c1ccc(=O)[nH]c1. The molecule has 0 fully saturated rings. The van der Waals surface area contributed by atoms with Gasteiger partial charge < -0.3 is 4.98 Å². The van der Waals surface area contributed by atoms with Gasteiger partial charge in [0.2, 0.25) is 15.6 Å². The predicted molar refractivity (Wildman–Crippen MR) is 71.0 cm³/mol. The molecule has 1 heterocycles. The fraction of sp³-hybridized carbons (Fsp3) is 0.583. The molecule has 18 heavy (non-hydrogen) atoms. The van der Waals surface area contributed by atoms with Gasteiger partial charge in [-0.25, -0.2) is 8.42 Å². The minimum Gasteiger partial charge on any atom is -0.328 e. The van der Waals surface area contributed by atoms with Gasteiger partial charge in [-0.3, -0.25) is 4.79 Å². The first-order valence-electron chi connectivity index (χ1n) is 6.10. The van der Waals surface area contributed by atoms with Crippen molar-refractivity contribution in [2.45, 2.75) is 32.1 Å². The number of rotatable bonds is 6. The van der Waals surface area contributed by atoms with Gasteiger partial charge in [-0.1, -0.05) is 27.2 Å². The number of aromatic amines is 1. The molecular formula is C12H20N2O3S. The molecule has 1 aromatic rings. The van der Waals surface area contributed by atoms with Crippen LogP contribution in [0.5, 0.6) is 0 Å². The van der Waals surface area contributed by atoms with E-state index in [0.717, 1.165) is 6.42 Å². The highest BCUT2D eigenvalue weighted by molar-refractivity contribution is 7.89. The molecule has 0 aliphatic carbocycles. The monoisotopic (exact) mass is 272 g/mol. The Morgan fingerprint density at radius 1 is 1.33 bits per heavy atom. The molecule has 0 saturated carbocycles. The molecule has 1 unspecified atom stereocenters. The van der Waals surface area contributed by atoms with Crippen LogP contribution >= 0.6 is 0 Å². The number of sulfonamides is 1. The van der Waals surface area contributed by atoms with Crippen LogP contribution in [-0.4, -0.2) is 30.8 Å². The lowest BCUT2D eigenvalue weighted by Gasteiger charge is -2.23. The highest BCUT2D eigenvalue weighted by atomic mass is 32.2. The zero-order chi connectivity index (χ0) is 13.8. The van der Waals surface area contributed by atoms with Gasteiger partial charge in [0.25, 0.3) is 0 Å². The second-order valence-corrected chi connectivity index (χ2v) is 6.30. The zero-order valence-electron chi connectivity index (χ0n) is 11.0. The van der Waals surface area contributed by atoms with Gasteiger partial charge in [0, 0.05) is 25.4 Å². The Hall–Kier alpha value is -1.14. The Balaban J connectivity index is 3.03. The molecule has 5 nitrogen and oxygen atoms in total. The summed E-state index contributed by atoms with van der Waals surface area (Å²) in [5, 5.41) is 0. The minimum atomic E-state index is -3.51. The zero-order valence-corrected chi connectivity index (χ0v) is 11.8. The summed E-state index contributed by atoms with van der Waals surface area (Å²) < 4.78 is 26.1. The molecule has 6 heteroatoms. The molecule has 1 atom stereocenters. The Bertz CT molecular complexity index is 516. The Labute approximate surface area is 108 Å². The summed E-state index contributed by atoms with van der Waals surface area (Å²) in [7, 11) is -3.51. The van der Waals surface area contributed by atoms with E-state index in [1.165, 1.54) is 22.6 Å². The third-order valence-corrected chi connectivity index (χ3v) is 4.90. The largest absolute Gasteiger partial charge is 0.328 e. The third kappa shape index (κ3) is 3.43. The van der Waals surface area contributed by atoms with Crippen LogP contribution in [0.15, 0.2) is 28.0 Å². The average molecular weight is 272 g/mol. The van der Waals surface area contributed by atoms with Gasteiger partial charge in [0.1, 0.15) is 0 Å². The van der Waals surface area contributed by atoms with Gasteiger partial charge in [-0.15, -0.1) is 0 Å². The molecule has 0 aromatic carbocycles. The number of pyridine rings is 1. The van der Waals surface area contributed by atoms with Crippen molar-refractivity contribution in [1.82, 2.24) is 9.29 Å². The topological polar surface area (TPSA) is 70.2 Å². The van der Waals surface area contributed by atoms with Crippen molar-refractivity contribution >= 4 is 10.0 Å². The molecule has 0 saturated heterocycles. The van der Waals surface area contributed by atoms with E-state index in [2.05, 4.69) is 4.98 Å². The fourth-order valence-electron chi connectivity index (χ4n) is 1.58. The van der Waals surface area contributed by atoms with Crippen molar-refractivity contribution in [1.29, 1.82) is 0 Å². The first-order valence-corrected chi connectivity index (χ1v) is 7.54. The molecule has 1 N–H and O–H groups in total. The molecule has 0 aliphatic heterocycles. The first-order chi connectivity index (χ1) is 8.41. The summed E-state index contributed by atoms with van der Waals surface area (Å²) in [5.74, 6) is 0.308. The van der Waals surface area contributed by atoms with E-state index in [9.17, 15) is 13.2 Å². The molecule has 0 amide bonds. The Morgan fingerprint density at radius 2 is 2.00 bits per heavy atom. The lowest BCUT2D eigenvalue weighted by molar-refractivity contribution is 0.361. The molecule has 0 spiro atoms. The van der Waals surface area contributed by atoms with E-state index < -0.39 is 10.0 Å². The number of nitrogens with one attached hydrogen (secondary N) is 1. The normalized spacial score (nSPS) is 13.8. The minimum absolute atomic E-state index is 0.132. The van der Waals surface area contributed by atoms with Gasteiger partial charge in [-0.05, 0) is 12.0 Å². The van der Waals surface area contributed by atoms with E-state index in [0.29, 0.717) is 19.0 Å². The molecular weight excluding hydrogens is 252 g/mol. The van der Waals surface area contributed by atoms with Crippen molar-refractivity contribution in [2.75, 3.05) is 13.1 Å². The summed E-state index contributed by atoms with van der Waals surface area (Å²) in [6, 6.07) is 2.57. The smallest absolute Gasteiger partial charge is 0.247 e. The molecule has 0 aliphatic rings. The van der Waals surface area contributed by atoms with Crippen LogP contribution in [0, 0.1) is 5.92 Å². The summed E-state index contributed by atoms with van der Waals surface area (Å²) in [6.45, 7) is 6.78. The van der Waals surface area contributed by atoms with Gasteiger partial charge in [-0.2, -0.15) is 4.31 Å². The van der Waals surface area contributed by atoms with Crippen molar-refractivity contribution < 1.29 is 8.42 Å². The Kier molecular flexibility index (Phi) is 5.10. The summed E-state index contributed by atoms with van der Waals surface area (Å²) in [6.07, 6.45) is 2.18. The maximum atomic E-state index is 12.3.